The average Bonchev–Trinajstić information content (AvgIpc) is 1.71. The number of benzene rings is 3. The van der Waals surface area contributed by atoms with Crippen molar-refractivity contribution in [3.05, 3.63) is 102 Å². The highest BCUT2D eigenvalue weighted by Gasteiger charge is 2.41. The number of fused-ring (bicyclic) bond motifs is 2. The molecule has 0 unspecified atom stereocenters. The van der Waals surface area contributed by atoms with Crippen molar-refractivity contribution in [3.8, 4) is 5.75 Å². The summed E-state index contributed by atoms with van der Waals surface area (Å²) in [5, 5.41) is 38.9. The lowest BCUT2D eigenvalue weighted by Crippen LogP contribution is -2.61. The number of phenols is 1. The number of likely N-dealkylation sites (tertiary alicyclic amines) is 1. The van der Waals surface area contributed by atoms with Crippen molar-refractivity contribution >= 4 is 111 Å². The highest BCUT2D eigenvalue weighted by molar-refractivity contribution is 6.00. The number of aromatic hydroxyl groups is 1. The largest absolute Gasteiger partial charge is 0.508 e. The average molecular weight is 1600 g/mol. The molecule has 115 heavy (non-hydrogen) atoms. The number of unbranched alkanes of at least 4 members (excludes halogenated alkanes) is 2. The number of nitrogens with zero attached hydrogens (tertiary/aromatic N) is 4. The van der Waals surface area contributed by atoms with Crippen molar-refractivity contribution in [2.24, 2.45) is 72.5 Å². The predicted molar refractivity (Wildman–Crippen MR) is 435 cm³/mol. The van der Waals surface area contributed by atoms with Gasteiger partial charge in [0.25, 0.3) is 0 Å². The van der Waals surface area contributed by atoms with Crippen LogP contribution in [0.5, 0.6) is 5.75 Å². The molecule has 5 aromatic rings. The highest BCUT2D eigenvalue weighted by Crippen LogP contribution is 2.25. The van der Waals surface area contributed by atoms with Crippen molar-refractivity contribution < 1.29 is 62.6 Å². The Bertz CT molecular complexity index is 4190. The van der Waals surface area contributed by atoms with Crippen LogP contribution in [-0.2, 0) is 76.8 Å². The molecule has 0 aliphatic carbocycles. The smallest absolute Gasteiger partial charge is 0.245 e. The number of rotatable bonds is 49. The van der Waals surface area contributed by atoms with Gasteiger partial charge in [0.15, 0.2) is 17.9 Å². The molecule has 1 aliphatic heterocycles. The summed E-state index contributed by atoms with van der Waals surface area (Å²) in [6.07, 6.45) is 5.73. The minimum absolute atomic E-state index is 0.0166. The van der Waals surface area contributed by atoms with E-state index < -0.39 is 137 Å². The molecule has 1 aliphatic rings. The molecule has 38 heteroatoms. The van der Waals surface area contributed by atoms with E-state index in [0.29, 0.717) is 77.1 Å². The molecule has 3 aromatic carbocycles. The van der Waals surface area contributed by atoms with Crippen LogP contribution in [0.4, 0.5) is 0 Å². The normalized spacial score (nSPS) is 15.1. The van der Waals surface area contributed by atoms with E-state index in [9.17, 15) is 48.3 Å². The van der Waals surface area contributed by atoms with Crippen molar-refractivity contribution in [2.75, 3.05) is 39.3 Å². The van der Waals surface area contributed by atoms with E-state index >= 15 is 14.4 Å². The Morgan fingerprint density at radius 1 is 0.452 bits per heavy atom. The predicted octanol–water partition coefficient (Wildman–Crippen LogP) is -2.79. The first-order chi connectivity index (χ1) is 54.8. The van der Waals surface area contributed by atoms with Gasteiger partial charge < -0.3 is 125 Å². The quantitative estimate of drug-likeness (QED) is 0.0106. The van der Waals surface area contributed by atoms with E-state index in [1.807, 2.05) is 36.4 Å². The lowest BCUT2D eigenvalue weighted by atomic mass is 9.99. The number of H-pyrrole nitrogens is 2. The number of guanidine groups is 3. The molecule has 0 saturated carbocycles. The van der Waals surface area contributed by atoms with Crippen LogP contribution in [0.1, 0.15) is 141 Å². The number of para-hydroxylation sites is 2. The van der Waals surface area contributed by atoms with Gasteiger partial charge in [-0.25, -0.2) is 0 Å². The summed E-state index contributed by atoms with van der Waals surface area (Å²) in [5.41, 5.74) is 54.2. The minimum Gasteiger partial charge on any atom is -0.508 e. The van der Waals surface area contributed by atoms with E-state index in [4.69, 9.17) is 51.6 Å². The van der Waals surface area contributed by atoms with Gasteiger partial charge in [-0.1, -0.05) is 62.4 Å². The van der Waals surface area contributed by atoms with E-state index in [2.05, 4.69) is 78.1 Å². The van der Waals surface area contributed by atoms with Gasteiger partial charge in [-0.15, -0.1) is 0 Å². The zero-order chi connectivity index (χ0) is 84.3. The van der Waals surface area contributed by atoms with Gasteiger partial charge in [-0.2, -0.15) is 0 Å². The second kappa shape index (κ2) is 46.8. The first-order valence-corrected chi connectivity index (χ1v) is 38.9. The number of aromatic nitrogens is 2. The maximum atomic E-state index is 15.5. The third-order valence-electron chi connectivity index (χ3n) is 19.4. The zero-order valence-corrected chi connectivity index (χ0v) is 65.8. The van der Waals surface area contributed by atoms with Gasteiger partial charge in [-0.3, -0.25) is 72.5 Å². The molecule has 2 aromatic heterocycles. The summed E-state index contributed by atoms with van der Waals surface area (Å²) in [4.78, 5) is 192. The Labute approximate surface area is 667 Å². The van der Waals surface area contributed by atoms with E-state index in [-0.39, 0.29) is 146 Å². The fraction of sp³-hybridized carbons (Fsp3) is 0.519. The van der Waals surface area contributed by atoms with E-state index in [0.717, 1.165) is 0 Å². The van der Waals surface area contributed by atoms with Crippen molar-refractivity contribution in [1.82, 2.24) is 68.0 Å². The first kappa shape index (κ1) is 91.8. The molecule has 11 atom stereocenters. The van der Waals surface area contributed by atoms with Gasteiger partial charge in [-0.05, 0) is 163 Å². The lowest BCUT2D eigenvalue weighted by Gasteiger charge is -2.30. The highest BCUT2D eigenvalue weighted by atomic mass is 16.3. The number of nitrogens with two attached hydrogens (primary N) is 9. The first-order valence-electron chi connectivity index (χ1n) is 38.9. The summed E-state index contributed by atoms with van der Waals surface area (Å²) < 4.78 is 0. The number of hydrogen-bond acceptors (Lipinski definition) is 18. The van der Waals surface area contributed by atoms with Crippen LogP contribution in [0.25, 0.3) is 21.8 Å². The molecule has 0 bridgehead atoms. The van der Waals surface area contributed by atoms with Crippen molar-refractivity contribution in [2.45, 2.75) is 210 Å². The van der Waals surface area contributed by atoms with Crippen LogP contribution in [0.15, 0.2) is 100 Å². The standard InChI is InChI=1S/C77H117N25O13/c1-43(2)37-59(69(110)97-57(24-14-34-88-76(83)84)67(108)95-56(23-13-33-87-75(81)82)66(107)92-44(3)65(106)98-58(25-15-35-89-77(85)86)74(115)102-36-16-26-63(102)73(114)94-54(64(80)105)21-9-11-31-78)99-71(112)62(40-48-42-91-53-20-8-6-18-51(48)53)101-72(113)61(39-47-41-90-52-19-7-5-17-50(47)52)100-68(109)55(22-10-12-32-79)96-70(111)60(93-45(4)103)38-46-27-29-49(104)30-28-46/h5-8,17-20,27-30,41-44,54-63,90-91,104H,9-16,21-26,31-40,78-79H2,1-4H3,(H2,80,105)(H,92,107)(H,93,103)(H,94,114)(H,95,108)(H,96,111)(H,97,110)(H,98,106)(H,99,112)(H,100,109)(H,101,113)(H4,81,82,87)(H4,83,84,88)(H4,85,86,89)/t44-,54+,55+,56+,57+,58+,59+,60+,61+,62+,63+/m1/s1. The molecule has 1 saturated heterocycles. The second-order valence-corrected chi connectivity index (χ2v) is 29.1. The number of amides is 12. The van der Waals surface area contributed by atoms with Crippen LogP contribution >= 0.6 is 0 Å². The maximum Gasteiger partial charge on any atom is 0.245 e. The molecule has 38 nitrogen and oxygen atoms in total. The number of phenolic OH excluding ortho intramolecular Hbond substituents is 1. The van der Waals surface area contributed by atoms with Gasteiger partial charge in [0.1, 0.15) is 72.2 Å². The zero-order valence-electron chi connectivity index (χ0n) is 65.8. The van der Waals surface area contributed by atoms with Gasteiger partial charge in [0.2, 0.25) is 70.9 Å². The SMILES string of the molecule is CC(=O)N[C@@H](Cc1ccc(O)cc1)C(=O)N[C@@H](CCCCN)C(=O)N[C@@H](Cc1c[nH]c2ccccc12)C(=O)N[C@@H](Cc1c[nH]c2ccccc12)C(=O)N[C@@H](CC(C)C)C(=O)N[C@@H](CCCN=C(N)N)C(=O)N[C@@H](CCCN=C(N)N)C(=O)N[C@H](C)C(=O)N[C@@H](CCCN=C(N)N)C(=O)N1CCC[C@H]1C(=O)N[C@@H](CCCCN)C(N)=O. The second-order valence-electron chi connectivity index (χ2n) is 29.1. The van der Waals surface area contributed by atoms with Gasteiger partial charge in [0.05, 0.1) is 0 Å². The molecule has 0 radical (unpaired) electrons. The molecule has 12 amide bonds. The van der Waals surface area contributed by atoms with E-state index in [1.165, 1.54) is 30.9 Å². The number of carbonyl (C=O) groups is 12. The monoisotopic (exact) mass is 1600 g/mol. The Kier molecular flexibility index (Phi) is 37.4. The molecular formula is C77H117N25O13. The summed E-state index contributed by atoms with van der Waals surface area (Å²) in [6, 6.07) is 5.93. The van der Waals surface area contributed by atoms with Crippen LogP contribution < -0.4 is 105 Å². The molecule has 3 heterocycles. The van der Waals surface area contributed by atoms with E-state index in [1.54, 1.807) is 50.5 Å². The Morgan fingerprint density at radius 2 is 0.843 bits per heavy atom. The third kappa shape index (κ3) is 30.4. The molecule has 628 valence electrons. The Hall–Kier alpha value is -12.1. The summed E-state index contributed by atoms with van der Waals surface area (Å²) in [5.74, 6) is -10.4. The number of nitrogens with one attached hydrogen (secondary N) is 12. The number of aliphatic imine (C=N–C) groups is 3. The molecule has 31 N–H and O–H groups in total. The molecule has 0 spiro atoms. The van der Waals surface area contributed by atoms with Crippen molar-refractivity contribution in [1.29, 1.82) is 0 Å². The number of carbonyl (C=O) groups excluding carboxylic acids is 12. The molecular weight excluding hydrogens is 1480 g/mol. The lowest BCUT2D eigenvalue weighted by molar-refractivity contribution is -0.142. The summed E-state index contributed by atoms with van der Waals surface area (Å²) in [6.45, 7) is 6.89. The van der Waals surface area contributed by atoms with Crippen LogP contribution in [0.2, 0.25) is 0 Å². The van der Waals surface area contributed by atoms with Crippen LogP contribution in [-0.4, -0.2) is 214 Å². The maximum absolute atomic E-state index is 15.5. The number of hydrogen-bond donors (Lipinski definition) is 22. The van der Waals surface area contributed by atoms with Crippen LogP contribution in [0.3, 0.4) is 0 Å². The van der Waals surface area contributed by atoms with Gasteiger partial charge in [0, 0.05) is 86.6 Å². The fourth-order valence-corrected chi connectivity index (χ4v) is 13.4. The summed E-state index contributed by atoms with van der Waals surface area (Å²) >= 11 is 0. The number of primary amides is 1. The van der Waals surface area contributed by atoms with Gasteiger partial charge >= 0.3 is 0 Å². The number of aromatic amines is 2. The Balaban J connectivity index is 1.29. The molecule has 6 rings (SSSR count). The summed E-state index contributed by atoms with van der Waals surface area (Å²) in [7, 11) is 0. The third-order valence-corrected chi connectivity index (χ3v) is 19.4. The Morgan fingerprint density at radius 3 is 1.29 bits per heavy atom. The van der Waals surface area contributed by atoms with Crippen molar-refractivity contribution in [3.63, 3.8) is 0 Å². The molecule has 1 fully saturated rings. The minimum atomic E-state index is -1.50. The fourth-order valence-electron chi connectivity index (χ4n) is 13.4. The van der Waals surface area contributed by atoms with Crippen LogP contribution in [0, 0.1) is 5.92 Å². The topological polar surface area (TPSA) is 651 Å².